The van der Waals surface area contributed by atoms with Crippen LogP contribution in [-0.2, 0) is 17.8 Å². The number of nitrogens with zero attached hydrogens (tertiary/aromatic N) is 3. The molecule has 1 heterocycles. The molecule has 8 heteroatoms. The van der Waals surface area contributed by atoms with E-state index in [0.717, 1.165) is 0 Å². The minimum absolute atomic E-state index is 0.0421. The zero-order valence-corrected chi connectivity index (χ0v) is 8.79. The van der Waals surface area contributed by atoms with Crippen LogP contribution in [0.15, 0.2) is 6.33 Å². The van der Waals surface area contributed by atoms with Crippen molar-refractivity contribution in [3.05, 3.63) is 12.2 Å². The number of halogens is 3. The Labute approximate surface area is 90.6 Å². The van der Waals surface area contributed by atoms with E-state index in [-0.39, 0.29) is 13.2 Å². The predicted molar refractivity (Wildman–Crippen MR) is 49.7 cm³/mol. The van der Waals surface area contributed by atoms with E-state index in [4.69, 9.17) is 0 Å². The first-order valence-corrected chi connectivity index (χ1v) is 4.68. The van der Waals surface area contributed by atoms with Crippen molar-refractivity contribution in [3.8, 4) is 0 Å². The van der Waals surface area contributed by atoms with Crippen molar-refractivity contribution in [2.24, 2.45) is 0 Å². The highest BCUT2D eigenvalue weighted by Gasteiger charge is 2.27. The van der Waals surface area contributed by atoms with Crippen LogP contribution in [0.2, 0.25) is 0 Å². The summed E-state index contributed by atoms with van der Waals surface area (Å²) >= 11 is 0. The SMILES string of the molecule is CNCc1ncnn1CCOCC(F)(F)F. The van der Waals surface area contributed by atoms with E-state index in [2.05, 4.69) is 20.1 Å². The molecule has 0 unspecified atom stereocenters. The Bertz CT molecular complexity index is 312. The predicted octanol–water partition coefficient (Wildman–Crippen LogP) is 0.576. The molecule has 1 aromatic heterocycles. The molecule has 0 spiro atoms. The maximum atomic E-state index is 11.8. The van der Waals surface area contributed by atoms with Crippen LogP contribution in [0.4, 0.5) is 13.2 Å². The summed E-state index contributed by atoms with van der Waals surface area (Å²) in [6.07, 6.45) is -2.92. The molecule has 0 radical (unpaired) electrons. The molecule has 0 saturated heterocycles. The Morgan fingerprint density at radius 2 is 2.25 bits per heavy atom. The molecule has 0 aliphatic carbocycles. The second-order valence-electron chi connectivity index (χ2n) is 3.10. The van der Waals surface area contributed by atoms with Crippen molar-refractivity contribution in [2.75, 3.05) is 20.3 Å². The quantitative estimate of drug-likeness (QED) is 0.736. The molecule has 1 N–H and O–H groups in total. The highest BCUT2D eigenvalue weighted by Crippen LogP contribution is 2.14. The van der Waals surface area contributed by atoms with E-state index < -0.39 is 12.8 Å². The average Bonchev–Trinajstić information content (AvgIpc) is 2.60. The molecular weight excluding hydrogens is 225 g/mol. The van der Waals surface area contributed by atoms with Gasteiger partial charge in [-0.2, -0.15) is 18.3 Å². The van der Waals surface area contributed by atoms with Crippen LogP contribution in [-0.4, -0.2) is 41.2 Å². The third kappa shape index (κ3) is 4.58. The first-order chi connectivity index (χ1) is 7.53. The number of hydrogen-bond donors (Lipinski definition) is 1. The van der Waals surface area contributed by atoms with Crippen LogP contribution in [0, 0.1) is 0 Å². The van der Waals surface area contributed by atoms with Gasteiger partial charge in [0.05, 0.1) is 19.7 Å². The molecule has 0 amide bonds. The van der Waals surface area contributed by atoms with Gasteiger partial charge in [0.15, 0.2) is 0 Å². The minimum Gasteiger partial charge on any atom is -0.370 e. The fourth-order valence-electron chi connectivity index (χ4n) is 1.11. The van der Waals surface area contributed by atoms with Crippen molar-refractivity contribution in [1.29, 1.82) is 0 Å². The van der Waals surface area contributed by atoms with Crippen LogP contribution in [0.3, 0.4) is 0 Å². The van der Waals surface area contributed by atoms with Gasteiger partial charge in [0.25, 0.3) is 0 Å². The second kappa shape index (κ2) is 5.80. The highest BCUT2D eigenvalue weighted by molar-refractivity contribution is 4.82. The minimum atomic E-state index is -4.28. The number of rotatable bonds is 6. The van der Waals surface area contributed by atoms with Gasteiger partial charge in [-0.25, -0.2) is 9.67 Å². The molecule has 0 fully saturated rings. The number of ether oxygens (including phenoxy) is 1. The van der Waals surface area contributed by atoms with Crippen molar-refractivity contribution in [2.45, 2.75) is 19.3 Å². The van der Waals surface area contributed by atoms with Gasteiger partial charge in [0.1, 0.15) is 18.8 Å². The standard InChI is InChI=1S/C8H13F3N4O/c1-12-4-7-13-6-14-15(7)2-3-16-5-8(9,10)11/h6,12H,2-5H2,1H3. The highest BCUT2D eigenvalue weighted by atomic mass is 19.4. The second-order valence-corrected chi connectivity index (χ2v) is 3.10. The van der Waals surface area contributed by atoms with Crippen LogP contribution < -0.4 is 5.32 Å². The maximum absolute atomic E-state index is 11.8. The van der Waals surface area contributed by atoms with E-state index in [1.807, 2.05) is 0 Å². The lowest BCUT2D eigenvalue weighted by atomic mass is 10.5. The van der Waals surface area contributed by atoms with Gasteiger partial charge in [-0.1, -0.05) is 0 Å². The monoisotopic (exact) mass is 238 g/mol. The molecule has 1 aromatic rings. The fraction of sp³-hybridized carbons (Fsp3) is 0.750. The van der Waals surface area contributed by atoms with Crippen LogP contribution in [0.1, 0.15) is 5.82 Å². The summed E-state index contributed by atoms with van der Waals surface area (Å²) in [5, 5.41) is 6.75. The molecule has 92 valence electrons. The zero-order valence-electron chi connectivity index (χ0n) is 8.79. The number of alkyl halides is 3. The Hall–Kier alpha value is -1.15. The molecule has 0 saturated carbocycles. The van der Waals surface area contributed by atoms with Crippen molar-refractivity contribution in [3.63, 3.8) is 0 Å². The summed E-state index contributed by atoms with van der Waals surface area (Å²) in [7, 11) is 1.75. The van der Waals surface area contributed by atoms with Crippen molar-refractivity contribution in [1.82, 2.24) is 20.1 Å². The lowest BCUT2D eigenvalue weighted by molar-refractivity contribution is -0.174. The first kappa shape index (κ1) is 12.9. The van der Waals surface area contributed by atoms with E-state index >= 15 is 0 Å². The summed E-state index contributed by atoms with van der Waals surface area (Å²) in [5.74, 6) is 0.665. The average molecular weight is 238 g/mol. The van der Waals surface area contributed by atoms with E-state index in [1.54, 1.807) is 7.05 Å². The van der Waals surface area contributed by atoms with Crippen molar-refractivity contribution >= 4 is 0 Å². The Morgan fingerprint density at radius 3 is 2.88 bits per heavy atom. The fourth-order valence-corrected chi connectivity index (χ4v) is 1.11. The topological polar surface area (TPSA) is 52.0 Å². The molecule has 0 aliphatic rings. The molecule has 0 atom stereocenters. The summed E-state index contributed by atoms with van der Waals surface area (Å²) in [6.45, 7) is -0.505. The molecule has 0 aliphatic heterocycles. The summed E-state index contributed by atoms with van der Waals surface area (Å²) < 4.78 is 41.2. The molecule has 16 heavy (non-hydrogen) atoms. The number of hydrogen-bond acceptors (Lipinski definition) is 4. The number of nitrogens with one attached hydrogen (secondary N) is 1. The zero-order chi connectivity index (χ0) is 12.0. The largest absolute Gasteiger partial charge is 0.411 e. The van der Waals surface area contributed by atoms with Crippen LogP contribution in [0.25, 0.3) is 0 Å². The third-order valence-electron chi connectivity index (χ3n) is 1.74. The van der Waals surface area contributed by atoms with Gasteiger partial charge < -0.3 is 10.1 Å². The molecule has 0 bridgehead atoms. The molecule has 1 rings (SSSR count). The Kier molecular flexibility index (Phi) is 4.69. The normalized spacial score (nSPS) is 12.0. The van der Waals surface area contributed by atoms with E-state index in [1.165, 1.54) is 11.0 Å². The maximum Gasteiger partial charge on any atom is 0.411 e. The smallest absolute Gasteiger partial charge is 0.370 e. The van der Waals surface area contributed by atoms with Crippen molar-refractivity contribution < 1.29 is 17.9 Å². The molecule has 0 aromatic carbocycles. The third-order valence-corrected chi connectivity index (χ3v) is 1.74. The Morgan fingerprint density at radius 1 is 1.50 bits per heavy atom. The van der Waals surface area contributed by atoms with Crippen LogP contribution in [0.5, 0.6) is 0 Å². The van der Waals surface area contributed by atoms with E-state index in [0.29, 0.717) is 12.4 Å². The molecule has 5 nitrogen and oxygen atoms in total. The van der Waals surface area contributed by atoms with Crippen LogP contribution >= 0.6 is 0 Å². The van der Waals surface area contributed by atoms with Gasteiger partial charge in [-0.15, -0.1) is 0 Å². The van der Waals surface area contributed by atoms with Gasteiger partial charge in [0.2, 0.25) is 0 Å². The lowest BCUT2D eigenvalue weighted by Gasteiger charge is -2.08. The summed E-state index contributed by atoms with van der Waals surface area (Å²) in [6, 6.07) is 0. The van der Waals surface area contributed by atoms with Gasteiger partial charge in [-0.3, -0.25) is 0 Å². The van der Waals surface area contributed by atoms with Gasteiger partial charge in [-0.05, 0) is 7.05 Å². The number of aromatic nitrogens is 3. The van der Waals surface area contributed by atoms with Gasteiger partial charge in [0, 0.05) is 0 Å². The Balaban J connectivity index is 2.29. The lowest BCUT2D eigenvalue weighted by Crippen LogP contribution is -2.20. The van der Waals surface area contributed by atoms with Gasteiger partial charge >= 0.3 is 6.18 Å². The van der Waals surface area contributed by atoms with E-state index in [9.17, 15) is 13.2 Å². The summed E-state index contributed by atoms with van der Waals surface area (Å²) in [5.41, 5.74) is 0. The summed E-state index contributed by atoms with van der Waals surface area (Å²) in [4.78, 5) is 3.94. The first-order valence-electron chi connectivity index (χ1n) is 4.68. The molecular formula is C8H13F3N4O.